The second kappa shape index (κ2) is 9.68. The molecule has 9 nitrogen and oxygen atoms in total. The third-order valence-electron chi connectivity index (χ3n) is 4.76. The fourth-order valence-corrected chi connectivity index (χ4v) is 4.67. The molecule has 0 spiro atoms. The summed E-state index contributed by atoms with van der Waals surface area (Å²) in [4.78, 5) is 22.4. The SMILES string of the molecule is O=C(COc1ccc([N+](=O)[O-])cc1)Nc1ccc(S(=O)(=O)N2CCCCCC2)cc1. The highest BCUT2D eigenvalue weighted by molar-refractivity contribution is 7.89. The summed E-state index contributed by atoms with van der Waals surface area (Å²) in [5.74, 6) is -0.105. The molecule has 30 heavy (non-hydrogen) atoms. The Hall–Kier alpha value is -2.98. The number of anilines is 1. The van der Waals surface area contributed by atoms with E-state index in [1.807, 2.05) is 0 Å². The predicted molar refractivity (Wildman–Crippen MR) is 111 cm³/mol. The summed E-state index contributed by atoms with van der Waals surface area (Å²) >= 11 is 0. The molecule has 0 bridgehead atoms. The third-order valence-corrected chi connectivity index (χ3v) is 6.67. The summed E-state index contributed by atoms with van der Waals surface area (Å²) in [5.41, 5.74) is 0.379. The van der Waals surface area contributed by atoms with Gasteiger partial charge >= 0.3 is 0 Å². The lowest BCUT2D eigenvalue weighted by Gasteiger charge is -2.20. The summed E-state index contributed by atoms with van der Waals surface area (Å²) < 4.78 is 32.4. The number of nitrogens with one attached hydrogen (secondary N) is 1. The lowest BCUT2D eigenvalue weighted by molar-refractivity contribution is -0.384. The average Bonchev–Trinajstić information content (AvgIpc) is 3.03. The van der Waals surface area contributed by atoms with Crippen LogP contribution in [0.25, 0.3) is 0 Å². The molecule has 1 aliphatic rings. The van der Waals surface area contributed by atoms with Crippen LogP contribution in [0.15, 0.2) is 53.4 Å². The van der Waals surface area contributed by atoms with Crippen molar-refractivity contribution in [2.45, 2.75) is 30.6 Å². The van der Waals surface area contributed by atoms with Crippen molar-refractivity contribution in [3.05, 3.63) is 58.6 Å². The van der Waals surface area contributed by atoms with Gasteiger partial charge in [-0.3, -0.25) is 14.9 Å². The van der Waals surface area contributed by atoms with E-state index >= 15 is 0 Å². The Bertz CT molecular complexity index is 982. The second-order valence-corrected chi connectivity index (χ2v) is 8.87. The molecule has 0 unspecified atom stereocenters. The van der Waals surface area contributed by atoms with Crippen LogP contribution in [0.4, 0.5) is 11.4 Å². The molecule has 3 rings (SSSR count). The number of non-ortho nitro benzene ring substituents is 1. The Labute approximate surface area is 174 Å². The van der Waals surface area contributed by atoms with Crippen LogP contribution in [0.3, 0.4) is 0 Å². The first-order valence-electron chi connectivity index (χ1n) is 9.63. The molecular formula is C20H23N3O6S. The molecule has 0 atom stereocenters. The van der Waals surface area contributed by atoms with E-state index in [1.165, 1.54) is 52.8 Å². The summed E-state index contributed by atoms with van der Waals surface area (Å²) in [7, 11) is -3.54. The zero-order chi connectivity index (χ0) is 21.6. The molecule has 10 heteroatoms. The first-order valence-corrected chi connectivity index (χ1v) is 11.1. The Balaban J connectivity index is 1.55. The average molecular weight is 433 g/mol. The third kappa shape index (κ3) is 5.55. The maximum absolute atomic E-state index is 12.8. The number of hydrogen-bond donors (Lipinski definition) is 1. The molecular weight excluding hydrogens is 410 g/mol. The number of hydrogen-bond acceptors (Lipinski definition) is 6. The van der Waals surface area contributed by atoms with Crippen LogP contribution in [0.5, 0.6) is 5.75 Å². The van der Waals surface area contributed by atoms with Crippen LogP contribution >= 0.6 is 0 Å². The van der Waals surface area contributed by atoms with E-state index in [0.29, 0.717) is 24.5 Å². The van der Waals surface area contributed by atoms with E-state index < -0.39 is 20.9 Å². The number of sulfonamides is 1. The molecule has 0 aromatic heterocycles. The Morgan fingerprint density at radius 2 is 1.60 bits per heavy atom. The number of benzene rings is 2. The Morgan fingerprint density at radius 3 is 2.17 bits per heavy atom. The molecule has 0 saturated carbocycles. The maximum atomic E-state index is 12.8. The fourth-order valence-electron chi connectivity index (χ4n) is 3.15. The number of ether oxygens (including phenoxy) is 1. The number of rotatable bonds is 7. The molecule has 2 aromatic carbocycles. The van der Waals surface area contributed by atoms with Gasteiger partial charge in [0.05, 0.1) is 9.82 Å². The topological polar surface area (TPSA) is 119 Å². The largest absolute Gasteiger partial charge is 0.484 e. The van der Waals surface area contributed by atoms with Crippen LogP contribution in [-0.4, -0.2) is 43.2 Å². The van der Waals surface area contributed by atoms with Crippen molar-refractivity contribution in [2.75, 3.05) is 25.0 Å². The Morgan fingerprint density at radius 1 is 1.00 bits per heavy atom. The van der Waals surface area contributed by atoms with E-state index in [9.17, 15) is 23.3 Å². The lowest BCUT2D eigenvalue weighted by atomic mass is 10.2. The van der Waals surface area contributed by atoms with Gasteiger partial charge in [0.15, 0.2) is 6.61 Å². The van der Waals surface area contributed by atoms with Crippen molar-refractivity contribution < 1.29 is 22.9 Å². The highest BCUT2D eigenvalue weighted by Gasteiger charge is 2.25. The molecule has 1 amide bonds. The van der Waals surface area contributed by atoms with Gasteiger partial charge in [-0.2, -0.15) is 4.31 Å². The predicted octanol–water partition coefficient (Wildman–Crippen LogP) is 3.18. The summed E-state index contributed by atoms with van der Waals surface area (Å²) in [6.07, 6.45) is 3.81. The molecule has 0 aliphatic carbocycles. The van der Waals surface area contributed by atoms with Gasteiger partial charge in [-0.15, -0.1) is 0 Å². The van der Waals surface area contributed by atoms with Gasteiger partial charge in [-0.05, 0) is 49.2 Å². The molecule has 1 fully saturated rings. The molecule has 1 heterocycles. The maximum Gasteiger partial charge on any atom is 0.269 e. The van der Waals surface area contributed by atoms with Crippen LogP contribution in [0.1, 0.15) is 25.7 Å². The molecule has 0 radical (unpaired) electrons. The highest BCUT2D eigenvalue weighted by atomic mass is 32.2. The lowest BCUT2D eigenvalue weighted by Crippen LogP contribution is -2.31. The molecule has 1 saturated heterocycles. The number of nitro groups is 1. The van der Waals surface area contributed by atoms with Crippen molar-refractivity contribution in [3.8, 4) is 5.75 Å². The van der Waals surface area contributed by atoms with Crippen molar-refractivity contribution in [1.29, 1.82) is 0 Å². The first-order chi connectivity index (χ1) is 14.4. The van der Waals surface area contributed by atoms with E-state index in [-0.39, 0.29) is 17.2 Å². The number of nitro benzene ring substituents is 1. The van der Waals surface area contributed by atoms with Gasteiger partial charge in [0, 0.05) is 30.9 Å². The molecule has 1 N–H and O–H groups in total. The quantitative estimate of drug-likeness (QED) is 0.529. The molecule has 1 aliphatic heterocycles. The number of carbonyl (C=O) groups excluding carboxylic acids is 1. The van der Waals surface area contributed by atoms with Crippen LogP contribution < -0.4 is 10.1 Å². The monoisotopic (exact) mass is 433 g/mol. The molecule has 160 valence electrons. The number of nitrogens with zero attached hydrogens (tertiary/aromatic N) is 2. The minimum absolute atomic E-state index is 0.0676. The molecule has 2 aromatic rings. The van der Waals surface area contributed by atoms with Crippen molar-refractivity contribution >= 4 is 27.3 Å². The summed E-state index contributed by atoms with van der Waals surface area (Å²) in [6.45, 7) is 0.771. The normalized spacial score (nSPS) is 15.2. The van der Waals surface area contributed by atoms with Gasteiger partial charge in [0.25, 0.3) is 11.6 Å². The fraction of sp³-hybridized carbons (Fsp3) is 0.350. The number of amides is 1. The van der Waals surface area contributed by atoms with Gasteiger partial charge in [0.1, 0.15) is 5.75 Å². The van der Waals surface area contributed by atoms with Gasteiger partial charge < -0.3 is 10.1 Å². The van der Waals surface area contributed by atoms with Crippen LogP contribution in [0, 0.1) is 10.1 Å². The first kappa shape index (κ1) is 21.7. The van der Waals surface area contributed by atoms with Crippen molar-refractivity contribution in [3.63, 3.8) is 0 Å². The van der Waals surface area contributed by atoms with E-state index in [2.05, 4.69) is 5.32 Å². The zero-order valence-corrected chi connectivity index (χ0v) is 17.1. The van der Waals surface area contributed by atoms with Gasteiger partial charge in [0.2, 0.25) is 10.0 Å². The van der Waals surface area contributed by atoms with Gasteiger partial charge in [-0.1, -0.05) is 12.8 Å². The van der Waals surface area contributed by atoms with Crippen molar-refractivity contribution in [1.82, 2.24) is 4.31 Å². The smallest absolute Gasteiger partial charge is 0.269 e. The minimum Gasteiger partial charge on any atom is -0.484 e. The van der Waals surface area contributed by atoms with Crippen LogP contribution in [0.2, 0.25) is 0 Å². The second-order valence-electron chi connectivity index (χ2n) is 6.93. The van der Waals surface area contributed by atoms with E-state index in [0.717, 1.165) is 25.7 Å². The van der Waals surface area contributed by atoms with E-state index in [4.69, 9.17) is 4.74 Å². The van der Waals surface area contributed by atoms with Crippen molar-refractivity contribution in [2.24, 2.45) is 0 Å². The summed E-state index contributed by atoms with van der Waals surface area (Å²) in [5, 5.41) is 13.3. The van der Waals surface area contributed by atoms with Crippen LogP contribution in [-0.2, 0) is 14.8 Å². The summed E-state index contributed by atoms with van der Waals surface area (Å²) in [6, 6.07) is 11.4. The standard InChI is InChI=1S/C20H23N3O6S/c24-20(15-29-18-9-7-17(8-10-18)23(25)26)21-16-5-11-19(12-6-16)30(27,28)22-13-3-1-2-4-14-22/h5-12H,1-4,13-15H2,(H,21,24). The zero-order valence-electron chi connectivity index (χ0n) is 16.3. The Kier molecular flexibility index (Phi) is 7.01. The minimum atomic E-state index is -3.54. The van der Waals surface area contributed by atoms with E-state index in [1.54, 1.807) is 0 Å². The number of carbonyl (C=O) groups is 1. The highest BCUT2D eigenvalue weighted by Crippen LogP contribution is 2.22. The van der Waals surface area contributed by atoms with Gasteiger partial charge in [-0.25, -0.2) is 8.42 Å².